The summed E-state index contributed by atoms with van der Waals surface area (Å²) in [5, 5.41) is 8.39. The monoisotopic (exact) mass is 429 g/mol. The zero-order valence-corrected chi connectivity index (χ0v) is 15.8. The number of alkyl halides is 3. The van der Waals surface area contributed by atoms with Crippen molar-refractivity contribution >= 4 is 20.8 Å². The number of aromatic nitrogens is 2. The van der Waals surface area contributed by atoms with Gasteiger partial charge in [0.05, 0.1) is 27.3 Å². The van der Waals surface area contributed by atoms with E-state index in [0.717, 1.165) is 4.68 Å². The largest absolute Gasteiger partial charge is 0.435 e. The molecular weight excluding hydrogens is 415 g/mol. The second kappa shape index (κ2) is 6.39. The van der Waals surface area contributed by atoms with Crippen molar-refractivity contribution in [3.8, 4) is 5.69 Å². The van der Waals surface area contributed by atoms with Gasteiger partial charge >= 0.3 is 6.18 Å². The average molecular weight is 429 g/mol. The molecule has 4 rings (SSSR count). The van der Waals surface area contributed by atoms with E-state index in [1.807, 2.05) is 0 Å². The Kier molecular flexibility index (Phi) is 4.36. The highest BCUT2D eigenvalue weighted by Gasteiger charge is 2.45. The Balaban J connectivity index is 1.93. The van der Waals surface area contributed by atoms with E-state index in [1.54, 1.807) is 24.3 Å². The molecule has 1 aromatic carbocycles. The Bertz CT molecular complexity index is 1130. The first-order valence-corrected chi connectivity index (χ1v) is 11.0. The highest BCUT2D eigenvalue weighted by molar-refractivity contribution is 7.89. The van der Waals surface area contributed by atoms with Gasteiger partial charge in [-0.05, 0) is 24.3 Å². The molecule has 0 amide bonds. The van der Waals surface area contributed by atoms with E-state index in [2.05, 4.69) is 5.10 Å². The Labute approximate surface area is 161 Å². The van der Waals surface area contributed by atoms with Crippen LogP contribution < -0.4 is 5.14 Å². The van der Waals surface area contributed by atoms with Gasteiger partial charge in [-0.2, -0.15) is 18.3 Å². The zero-order chi connectivity index (χ0) is 20.3. The molecule has 2 aromatic rings. The minimum Gasteiger partial charge on any atom is -0.259 e. The Morgan fingerprint density at radius 3 is 2.39 bits per heavy atom. The molecule has 6 nitrogen and oxygen atoms in total. The first-order chi connectivity index (χ1) is 13.1. The Morgan fingerprint density at radius 1 is 1.14 bits per heavy atom. The van der Waals surface area contributed by atoms with Gasteiger partial charge in [0.15, 0.2) is 5.69 Å². The first kappa shape index (κ1) is 19.1. The van der Waals surface area contributed by atoms with Crippen LogP contribution >= 0.6 is 0 Å². The van der Waals surface area contributed by atoms with Gasteiger partial charge in [0.1, 0.15) is 0 Å². The number of allylic oxidation sites excluding steroid dienone is 3. The maximum Gasteiger partial charge on any atom is 0.435 e. The van der Waals surface area contributed by atoms with Crippen LogP contribution in [-0.4, -0.2) is 27.7 Å². The van der Waals surface area contributed by atoms with Gasteiger partial charge in [-0.3, -0.25) is 4.21 Å². The third-order valence-electron chi connectivity index (χ3n) is 4.69. The summed E-state index contributed by atoms with van der Waals surface area (Å²) in [5.41, 5.74) is -0.607. The zero-order valence-electron chi connectivity index (χ0n) is 14.1. The summed E-state index contributed by atoms with van der Waals surface area (Å²) in [4.78, 5) is -0.159. The molecule has 2 aliphatic rings. The minimum absolute atomic E-state index is 0.0949. The number of hydrogen-bond donors (Lipinski definition) is 1. The van der Waals surface area contributed by atoms with Gasteiger partial charge < -0.3 is 0 Å². The SMILES string of the molecule is NS(=O)(=O)c1ccc(-n2nc(C(F)(F)F)c3c2C2C=CC=CC2S(=O)C3)cc1. The summed E-state index contributed by atoms with van der Waals surface area (Å²) in [5.74, 6) is -0.783. The predicted molar refractivity (Wildman–Crippen MR) is 96.6 cm³/mol. The number of nitrogens with two attached hydrogens (primary N) is 1. The average Bonchev–Trinajstić information content (AvgIpc) is 3.01. The lowest BCUT2D eigenvalue weighted by Gasteiger charge is -2.30. The molecule has 0 fully saturated rings. The quantitative estimate of drug-likeness (QED) is 0.793. The number of primary sulfonamides is 1. The third kappa shape index (κ3) is 3.12. The number of benzene rings is 1. The van der Waals surface area contributed by atoms with E-state index < -0.39 is 43.9 Å². The van der Waals surface area contributed by atoms with Crippen LogP contribution in [0.2, 0.25) is 0 Å². The molecule has 2 N–H and O–H groups in total. The van der Waals surface area contributed by atoms with Crippen molar-refractivity contribution in [3.63, 3.8) is 0 Å². The predicted octanol–water partition coefficient (Wildman–Crippen LogP) is 2.38. The molecule has 2 heterocycles. The second-order valence-electron chi connectivity index (χ2n) is 6.45. The Hall–Kier alpha value is -2.24. The van der Waals surface area contributed by atoms with Crippen LogP contribution in [0.4, 0.5) is 13.2 Å². The van der Waals surface area contributed by atoms with Crippen LogP contribution in [0.15, 0.2) is 53.5 Å². The number of nitrogens with zero attached hydrogens (tertiary/aromatic N) is 2. The topological polar surface area (TPSA) is 95.1 Å². The molecule has 11 heteroatoms. The van der Waals surface area contributed by atoms with E-state index in [1.165, 1.54) is 24.3 Å². The third-order valence-corrected chi connectivity index (χ3v) is 7.25. The van der Waals surface area contributed by atoms with Crippen LogP contribution in [0.25, 0.3) is 5.69 Å². The lowest BCUT2D eigenvalue weighted by atomic mass is 9.92. The van der Waals surface area contributed by atoms with E-state index in [4.69, 9.17) is 5.14 Å². The molecule has 0 saturated carbocycles. The smallest absolute Gasteiger partial charge is 0.259 e. The molecule has 3 atom stereocenters. The normalized spacial score (nSPS) is 24.1. The maximum absolute atomic E-state index is 13.6. The van der Waals surface area contributed by atoms with Crippen molar-refractivity contribution in [3.05, 3.63) is 65.5 Å². The van der Waals surface area contributed by atoms with Crippen molar-refractivity contribution in [1.29, 1.82) is 0 Å². The van der Waals surface area contributed by atoms with Crippen LogP contribution in [0.1, 0.15) is 22.9 Å². The van der Waals surface area contributed by atoms with Crippen LogP contribution in [0.3, 0.4) is 0 Å². The van der Waals surface area contributed by atoms with Gasteiger partial charge in [-0.15, -0.1) is 0 Å². The molecular formula is C17H14F3N3O3S2. The fourth-order valence-electron chi connectivity index (χ4n) is 3.47. The lowest BCUT2D eigenvalue weighted by Crippen LogP contribution is -2.31. The number of rotatable bonds is 2. The summed E-state index contributed by atoms with van der Waals surface area (Å²) in [6, 6.07) is 5.11. The number of hydrogen-bond acceptors (Lipinski definition) is 4. The molecule has 0 saturated heterocycles. The molecule has 1 aliphatic carbocycles. The van der Waals surface area contributed by atoms with Gasteiger partial charge in [-0.25, -0.2) is 18.2 Å². The van der Waals surface area contributed by atoms with E-state index in [-0.39, 0.29) is 21.9 Å². The first-order valence-electron chi connectivity index (χ1n) is 8.12. The fourth-order valence-corrected chi connectivity index (χ4v) is 5.56. The minimum atomic E-state index is -4.71. The summed E-state index contributed by atoms with van der Waals surface area (Å²) in [6.45, 7) is 0. The highest BCUT2D eigenvalue weighted by atomic mass is 32.2. The molecule has 0 radical (unpaired) electrons. The van der Waals surface area contributed by atoms with Crippen molar-refractivity contribution < 1.29 is 25.8 Å². The molecule has 148 valence electrons. The molecule has 0 spiro atoms. The standard InChI is InChI=1S/C17H14F3N3O3S2/c18-17(19,20)16-13-9-27(24)14-4-2-1-3-12(14)15(13)23(22-16)10-5-7-11(8-6-10)28(21,25)26/h1-8,12,14H,9H2,(H2,21,25,26). The van der Waals surface area contributed by atoms with Crippen molar-refractivity contribution in [2.45, 2.75) is 28.0 Å². The number of sulfonamides is 1. The number of fused-ring (bicyclic) bond motifs is 3. The maximum atomic E-state index is 13.6. The fraction of sp³-hybridized carbons (Fsp3) is 0.235. The van der Waals surface area contributed by atoms with Crippen LogP contribution in [-0.2, 0) is 32.8 Å². The molecule has 28 heavy (non-hydrogen) atoms. The van der Waals surface area contributed by atoms with Crippen molar-refractivity contribution in [1.82, 2.24) is 9.78 Å². The van der Waals surface area contributed by atoms with E-state index in [9.17, 15) is 25.8 Å². The van der Waals surface area contributed by atoms with Crippen LogP contribution in [0, 0.1) is 0 Å². The highest BCUT2D eigenvalue weighted by Crippen LogP contribution is 2.43. The molecule has 0 bridgehead atoms. The van der Waals surface area contributed by atoms with Crippen LogP contribution in [0.5, 0.6) is 0 Å². The summed E-state index contributed by atoms with van der Waals surface area (Å²) >= 11 is 0. The summed E-state index contributed by atoms with van der Waals surface area (Å²) < 4.78 is 77.2. The van der Waals surface area contributed by atoms with Crippen molar-refractivity contribution in [2.24, 2.45) is 5.14 Å². The number of halogens is 3. The summed E-state index contributed by atoms with van der Waals surface area (Å²) in [7, 11) is -5.44. The Morgan fingerprint density at radius 2 is 1.79 bits per heavy atom. The molecule has 1 aromatic heterocycles. The van der Waals surface area contributed by atoms with Gasteiger partial charge in [0.2, 0.25) is 10.0 Å². The molecule has 3 unspecified atom stereocenters. The second-order valence-corrected chi connectivity index (χ2v) is 9.60. The lowest BCUT2D eigenvalue weighted by molar-refractivity contribution is -0.141. The van der Waals surface area contributed by atoms with Gasteiger partial charge in [-0.1, -0.05) is 24.3 Å². The van der Waals surface area contributed by atoms with E-state index in [0.29, 0.717) is 5.69 Å². The summed E-state index contributed by atoms with van der Waals surface area (Å²) in [6.07, 6.45) is 2.13. The van der Waals surface area contributed by atoms with Crippen molar-refractivity contribution in [2.75, 3.05) is 0 Å². The van der Waals surface area contributed by atoms with Gasteiger partial charge in [0, 0.05) is 22.3 Å². The van der Waals surface area contributed by atoms with Gasteiger partial charge in [0.25, 0.3) is 0 Å². The van der Waals surface area contributed by atoms with E-state index >= 15 is 0 Å². The molecule has 1 aliphatic heterocycles.